The van der Waals surface area contributed by atoms with Crippen LogP contribution >= 0.6 is 0 Å². The molecule has 1 amide bonds. The van der Waals surface area contributed by atoms with Gasteiger partial charge >= 0.3 is 0 Å². The van der Waals surface area contributed by atoms with Crippen LogP contribution in [-0.4, -0.2) is 31.2 Å². The van der Waals surface area contributed by atoms with Crippen LogP contribution in [-0.2, 0) is 9.53 Å². The number of amides is 1. The summed E-state index contributed by atoms with van der Waals surface area (Å²) < 4.78 is 5.26. The number of hydrogen-bond donors (Lipinski definition) is 3. The van der Waals surface area contributed by atoms with Gasteiger partial charge in [-0.1, -0.05) is 38.1 Å². The smallest absolute Gasteiger partial charge is 0.240 e. The molecule has 1 saturated heterocycles. The van der Waals surface area contributed by atoms with Gasteiger partial charge in [0.05, 0.1) is 5.54 Å². The Bertz CT molecular complexity index is 493. The number of carbonyl (C=O) groups excluding carboxylic acids is 1. The molecule has 0 saturated carbocycles. The second kappa shape index (κ2) is 7.22. The quantitative estimate of drug-likeness (QED) is 0.767. The molecule has 5 nitrogen and oxygen atoms in total. The number of ether oxygens (including phenoxy) is 1. The number of benzene rings is 1. The maximum Gasteiger partial charge on any atom is 0.240 e. The van der Waals surface area contributed by atoms with Crippen LogP contribution in [0, 0.1) is 0 Å². The average molecular weight is 305 g/mol. The van der Waals surface area contributed by atoms with Gasteiger partial charge in [0.25, 0.3) is 0 Å². The fourth-order valence-corrected chi connectivity index (χ4v) is 2.59. The lowest BCUT2D eigenvalue weighted by molar-refractivity contribution is -0.129. The zero-order valence-electron chi connectivity index (χ0n) is 13.5. The van der Waals surface area contributed by atoms with Crippen LogP contribution in [0.4, 0.5) is 0 Å². The molecule has 0 radical (unpaired) electrons. The molecule has 1 atom stereocenters. The first-order chi connectivity index (χ1) is 10.4. The molecule has 22 heavy (non-hydrogen) atoms. The van der Waals surface area contributed by atoms with Gasteiger partial charge in [0, 0.05) is 25.8 Å². The van der Waals surface area contributed by atoms with Crippen LogP contribution in [0.1, 0.15) is 49.8 Å². The molecule has 2 rings (SSSR count). The maximum absolute atomic E-state index is 12.3. The Balaban J connectivity index is 1.89. The van der Waals surface area contributed by atoms with Gasteiger partial charge in [-0.3, -0.25) is 4.79 Å². The molecule has 5 N–H and O–H groups in total. The molecule has 1 heterocycles. The van der Waals surface area contributed by atoms with Gasteiger partial charge in [-0.25, -0.2) is 0 Å². The van der Waals surface area contributed by atoms with Gasteiger partial charge in [-0.15, -0.1) is 0 Å². The highest BCUT2D eigenvalue weighted by Crippen LogP contribution is 2.19. The summed E-state index contributed by atoms with van der Waals surface area (Å²) in [5.74, 6) is 0.362. The molecule has 0 aliphatic carbocycles. The highest BCUT2D eigenvalue weighted by atomic mass is 16.5. The molecule has 0 spiro atoms. The molecule has 1 aliphatic rings. The summed E-state index contributed by atoms with van der Waals surface area (Å²) in [7, 11) is 0. The highest BCUT2D eigenvalue weighted by Gasteiger charge is 2.35. The standard InChI is InChI=1S/C17H27N3O2/c1-12(2)13-3-5-14(6-4-13)15(18)11-20-16(21)17(19)7-9-22-10-8-17/h3-6,12,15H,7-11,18-19H2,1-2H3,(H,20,21). The predicted molar refractivity (Wildman–Crippen MR) is 87.4 cm³/mol. The Morgan fingerprint density at radius 3 is 2.32 bits per heavy atom. The van der Waals surface area contributed by atoms with Crippen LogP contribution in [0.5, 0.6) is 0 Å². The van der Waals surface area contributed by atoms with Gasteiger partial charge in [-0.05, 0) is 29.9 Å². The van der Waals surface area contributed by atoms with E-state index in [1.807, 2.05) is 12.1 Å². The molecular formula is C17H27N3O2. The van der Waals surface area contributed by atoms with Gasteiger partial charge in [0.15, 0.2) is 0 Å². The van der Waals surface area contributed by atoms with Crippen molar-refractivity contribution in [3.05, 3.63) is 35.4 Å². The zero-order chi connectivity index (χ0) is 16.2. The summed E-state index contributed by atoms with van der Waals surface area (Å²) in [6.45, 7) is 5.77. The van der Waals surface area contributed by atoms with Crippen LogP contribution in [0.3, 0.4) is 0 Å². The third kappa shape index (κ3) is 4.06. The Kier molecular flexibility index (Phi) is 5.56. The highest BCUT2D eigenvalue weighted by molar-refractivity contribution is 5.86. The topological polar surface area (TPSA) is 90.4 Å². The Morgan fingerprint density at radius 2 is 1.77 bits per heavy atom. The van der Waals surface area contributed by atoms with E-state index in [0.29, 0.717) is 38.5 Å². The first-order valence-corrected chi connectivity index (χ1v) is 7.93. The Labute approximate surface area is 132 Å². The fraction of sp³-hybridized carbons (Fsp3) is 0.588. The number of rotatable bonds is 5. The lowest BCUT2D eigenvalue weighted by Crippen LogP contribution is -2.57. The third-order valence-corrected chi connectivity index (χ3v) is 4.35. The molecule has 0 bridgehead atoms. The summed E-state index contributed by atoms with van der Waals surface area (Å²) >= 11 is 0. The van der Waals surface area contributed by atoms with Crippen LogP contribution in [0.2, 0.25) is 0 Å². The monoisotopic (exact) mass is 305 g/mol. The number of nitrogens with two attached hydrogens (primary N) is 2. The van der Waals surface area contributed by atoms with Gasteiger partial charge in [0.1, 0.15) is 0 Å². The van der Waals surface area contributed by atoms with Crippen LogP contribution in [0.25, 0.3) is 0 Å². The van der Waals surface area contributed by atoms with E-state index in [4.69, 9.17) is 16.2 Å². The largest absolute Gasteiger partial charge is 0.381 e. The second-order valence-corrected chi connectivity index (χ2v) is 6.41. The molecular weight excluding hydrogens is 278 g/mol. The number of nitrogens with one attached hydrogen (secondary N) is 1. The molecule has 1 aromatic rings. The van der Waals surface area contributed by atoms with Gasteiger partial charge in [-0.2, -0.15) is 0 Å². The minimum absolute atomic E-state index is 0.134. The molecule has 1 aromatic carbocycles. The molecule has 1 fully saturated rings. The van der Waals surface area contributed by atoms with E-state index in [-0.39, 0.29) is 11.9 Å². The third-order valence-electron chi connectivity index (χ3n) is 4.35. The van der Waals surface area contributed by atoms with Crippen molar-refractivity contribution in [2.75, 3.05) is 19.8 Å². The molecule has 1 unspecified atom stereocenters. The minimum atomic E-state index is -0.820. The average Bonchev–Trinajstić information content (AvgIpc) is 2.53. The first-order valence-electron chi connectivity index (χ1n) is 7.93. The lowest BCUT2D eigenvalue weighted by atomic mass is 9.90. The maximum atomic E-state index is 12.3. The summed E-state index contributed by atoms with van der Waals surface area (Å²) in [5, 5.41) is 2.88. The van der Waals surface area contributed by atoms with E-state index in [2.05, 4.69) is 31.3 Å². The van der Waals surface area contributed by atoms with Crippen molar-refractivity contribution < 1.29 is 9.53 Å². The first kappa shape index (κ1) is 16.9. The zero-order valence-corrected chi connectivity index (χ0v) is 13.5. The van der Waals surface area contributed by atoms with Crippen molar-refractivity contribution >= 4 is 5.91 Å². The number of hydrogen-bond acceptors (Lipinski definition) is 4. The van der Waals surface area contributed by atoms with Crippen molar-refractivity contribution in [2.45, 2.75) is 44.2 Å². The Hall–Kier alpha value is -1.43. The fourth-order valence-electron chi connectivity index (χ4n) is 2.59. The summed E-state index contributed by atoms with van der Waals surface area (Å²) in [4.78, 5) is 12.3. The number of carbonyl (C=O) groups is 1. The van der Waals surface area contributed by atoms with E-state index < -0.39 is 5.54 Å². The summed E-state index contributed by atoms with van der Waals surface area (Å²) in [5.41, 5.74) is 13.8. The van der Waals surface area contributed by atoms with Crippen molar-refractivity contribution in [3.8, 4) is 0 Å². The SMILES string of the molecule is CC(C)c1ccc(C(N)CNC(=O)C2(N)CCOCC2)cc1. The molecule has 0 aromatic heterocycles. The van der Waals surface area contributed by atoms with E-state index in [9.17, 15) is 4.79 Å². The minimum Gasteiger partial charge on any atom is -0.381 e. The van der Waals surface area contributed by atoms with E-state index in [1.54, 1.807) is 0 Å². The van der Waals surface area contributed by atoms with Crippen LogP contribution < -0.4 is 16.8 Å². The summed E-state index contributed by atoms with van der Waals surface area (Å²) in [6.07, 6.45) is 1.11. The van der Waals surface area contributed by atoms with E-state index >= 15 is 0 Å². The summed E-state index contributed by atoms with van der Waals surface area (Å²) in [6, 6.07) is 8.00. The van der Waals surface area contributed by atoms with Crippen molar-refractivity contribution in [1.29, 1.82) is 0 Å². The normalized spacial score (nSPS) is 19.0. The van der Waals surface area contributed by atoms with Gasteiger partial charge in [0.2, 0.25) is 5.91 Å². The molecule has 5 heteroatoms. The van der Waals surface area contributed by atoms with Crippen molar-refractivity contribution in [1.82, 2.24) is 5.32 Å². The van der Waals surface area contributed by atoms with E-state index in [0.717, 1.165) is 5.56 Å². The second-order valence-electron chi connectivity index (χ2n) is 6.41. The van der Waals surface area contributed by atoms with Crippen molar-refractivity contribution in [3.63, 3.8) is 0 Å². The lowest BCUT2D eigenvalue weighted by Gasteiger charge is -2.32. The van der Waals surface area contributed by atoms with Gasteiger partial charge < -0.3 is 21.5 Å². The predicted octanol–water partition coefficient (Wildman–Crippen LogP) is 1.43. The van der Waals surface area contributed by atoms with E-state index in [1.165, 1.54) is 5.56 Å². The molecule has 122 valence electrons. The molecule has 1 aliphatic heterocycles. The Morgan fingerprint density at radius 1 is 1.23 bits per heavy atom. The van der Waals surface area contributed by atoms with Crippen molar-refractivity contribution in [2.24, 2.45) is 11.5 Å². The van der Waals surface area contributed by atoms with Crippen LogP contribution in [0.15, 0.2) is 24.3 Å².